The summed E-state index contributed by atoms with van der Waals surface area (Å²) in [5.74, 6) is 1.17. The topological polar surface area (TPSA) is 31.4 Å². The smallest absolute Gasteiger partial charge is 0.133 e. The molecular weight excluding hydrogens is 260 g/mol. The number of nitrogens with one attached hydrogen (secondary N) is 1. The van der Waals surface area contributed by atoms with Gasteiger partial charge >= 0.3 is 0 Å². The maximum absolute atomic E-state index is 4.64. The molecule has 21 heavy (non-hydrogen) atoms. The van der Waals surface area contributed by atoms with Gasteiger partial charge in [0, 0.05) is 50.5 Å². The summed E-state index contributed by atoms with van der Waals surface area (Å²) >= 11 is 0. The molecule has 1 unspecified atom stereocenters. The van der Waals surface area contributed by atoms with Gasteiger partial charge in [-0.2, -0.15) is 0 Å². The molecule has 0 aromatic carbocycles. The molecule has 4 nitrogen and oxygen atoms in total. The Labute approximate surface area is 129 Å². The number of pyridine rings is 1. The molecule has 1 fully saturated rings. The molecule has 1 aromatic heterocycles. The van der Waals surface area contributed by atoms with Crippen LogP contribution in [-0.4, -0.2) is 48.6 Å². The molecule has 1 saturated heterocycles. The molecule has 1 N–H and O–H groups in total. The zero-order valence-corrected chi connectivity index (χ0v) is 13.8. The van der Waals surface area contributed by atoms with E-state index in [9.17, 15) is 0 Å². The lowest BCUT2D eigenvalue weighted by atomic mass is 10.1. The molecule has 2 rings (SSSR count). The van der Waals surface area contributed by atoms with Crippen LogP contribution in [0.15, 0.2) is 18.3 Å². The standard InChI is InChI=1S/C17H30N4/c1-4-8-18-14-16-7-6-9-19-17(16)21-12-10-20(11-13-21)15(3)5-2/h6-7,9,15,18H,4-5,8,10-14H2,1-3H3. The highest BCUT2D eigenvalue weighted by Crippen LogP contribution is 2.20. The quantitative estimate of drug-likeness (QED) is 0.782. The molecule has 2 heterocycles. The molecule has 0 aliphatic carbocycles. The van der Waals surface area contributed by atoms with Crippen molar-refractivity contribution in [2.75, 3.05) is 37.6 Å². The Morgan fingerprint density at radius 1 is 1.24 bits per heavy atom. The Bertz CT molecular complexity index is 413. The summed E-state index contributed by atoms with van der Waals surface area (Å²) in [4.78, 5) is 9.68. The first-order chi connectivity index (χ1) is 10.3. The van der Waals surface area contributed by atoms with Gasteiger partial charge in [0.05, 0.1) is 0 Å². The molecule has 4 heteroatoms. The van der Waals surface area contributed by atoms with E-state index < -0.39 is 0 Å². The average Bonchev–Trinajstić information content (AvgIpc) is 2.55. The van der Waals surface area contributed by atoms with Crippen LogP contribution in [0.5, 0.6) is 0 Å². The van der Waals surface area contributed by atoms with E-state index in [1.54, 1.807) is 0 Å². The Hall–Kier alpha value is -1.13. The zero-order valence-electron chi connectivity index (χ0n) is 13.8. The van der Waals surface area contributed by atoms with E-state index in [0.29, 0.717) is 6.04 Å². The molecule has 1 aromatic rings. The lowest BCUT2D eigenvalue weighted by Crippen LogP contribution is -2.50. The third kappa shape index (κ3) is 4.42. The summed E-state index contributed by atoms with van der Waals surface area (Å²) in [6.45, 7) is 13.2. The largest absolute Gasteiger partial charge is 0.354 e. The second-order valence-electron chi connectivity index (χ2n) is 5.94. The average molecular weight is 290 g/mol. The first-order valence-corrected chi connectivity index (χ1v) is 8.39. The highest BCUT2D eigenvalue weighted by Gasteiger charge is 2.22. The van der Waals surface area contributed by atoms with Crippen LogP contribution >= 0.6 is 0 Å². The molecule has 118 valence electrons. The van der Waals surface area contributed by atoms with Crippen LogP contribution in [0, 0.1) is 0 Å². The van der Waals surface area contributed by atoms with Crippen molar-refractivity contribution in [3.8, 4) is 0 Å². The molecule has 0 saturated carbocycles. The van der Waals surface area contributed by atoms with Crippen LogP contribution in [0.1, 0.15) is 39.2 Å². The van der Waals surface area contributed by atoms with Crippen molar-refractivity contribution < 1.29 is 0 Å². The summed E-state index contributed by atoms with van der Waals surface area (Å²) in [6, 6.07) is 4.94. The molecule has 1 aliphatic rings. The Morgan fingerprint density at radius 3 is 2.67 bits per heavy atom. The van der Waals surface area contributed by atoms with Crippen molar-refractivity contribution in [3.63, 3.8) is 0 Å². The normalized spacial score (nSPS) is 18.0. The van der Waals surface area contributed by atoms with Crippen LogP contribution in [0.3, 0.4) is 0 Å². The van der Waals surface area contributed by atoms with Crippen molar-refractivity contribution >= 4 is 5.82 Å². The Kier molecular flexibility index (Phi) is 6.46. The first kappa shape index (κ1) is 16.2. The Morgan fingerprint density at radius 2 is 2.00 bits per heavy atom. The number of aromatic nitrogens is 1. The zero-order chi connectivity index (χ0) is 15.1. The molecule has 0 bridgehead atoms. The van der Waals surface area contributed by atoms with Crippen molar-refractivity contribution in [2.45, 2.75) is 46.2 Å². The molecule has 0 spiro atoms. The van der Waals surface area contributed by atoms with Gasteiger partial charge in [0.1, 0.15) is 5.82 Å². The van der Waals surface area contributed by atoms with E-state index in [1.807, 2.05) is 12.3 Å². The van der Waals surface area contributed by atoms with Gasteiger partial charge in [-0.3, -0.25) is 4.90 Å². The van der Waals surface area contributed by atoms with Gasteiger partial charge in [0.15, 0.2) is 0 Å². The maximum Gasteiger partial charge on any atom is 0.133 e. The van der Waals surface area contributed by atoms with Gasteiger partial charge in [-0.1, -0.05) is 19.9 Å². The number of piperazine rings is 1. The minimum Gasteiger partial charge on any atom is -0.354 e. The van der Waals surface area contributed by atoms with E-state index >= 15 is 0 Å². The van der Waals surface area contributed by atoms with E-state index in [1.165, 1.54) is 24.2 Å². The highest BCUT2D eigenvalue weighted by molar-refractivity contribution is 5.47. The molecule has 0 radical (unpaired) electrons. The second kappa shape index (κ2) is 8.35. The summed E-state index contributed by atoms with van der Waals surface area (Å²) in [6.07, 6.45) is 4.32. The van der Waals surface area contributed by atoms with Gasteiger partial charge in [-0.15, -0.1) is 0 Å². The number of hydrogen-bond donors (Lipinski definition) is 1. The van der Waals surface area contributed by atoms with Crippen LogP contribution in [0.2, 0.25) is 0 Å². The summed E-state index contributed by atoms with van der Waals surface area (Å²) in [5.41, 5.74) is 1.32. The number of hydrogen-bond acceptors (Lipinski definition) is 4. The third-order valence-electron chi connectivity index (χ3n) is 4.44. The predicted octanol–water partition coefficient (Wildman–Crippen LogP) is 2.50. The molecular formula is C17H30N4. The Balaban J connectivity index is 1.96. The SMILES string of the molecule is CCCNCc1cccnc1N1CCN(C(C)CC)CC1. The van der Waals surface area contributed by atoms with Crippen LogP contribution < -0.4 is 10.2 Å². The van der Waals surface area contributed by atoms with Gasteiger partial charge in [0.2, 0.25) is 0 Å². The minimum absolute atomic E-state index is 0.696. The molecule has 0 amide bonds. The second-order valence-corrected chi connectivity index (χ2v) is 5.94. The van der Waals surface area contributed by atoms with Crippen molar-refractivity contribution in [1.82, 2.24) is 15.2 Å². The van der Waals surface area contributed by atoms with E-state index in [4.69, 9.17) is 0 Å². The van der Waals surface area contributed by atoms with Crippen LogP contribution in [-0.2, 0) is 6.54 Å². The number of anilines is 1. The first-order valence-electron chi connectivity index (χ1n) is 8.39. The summed E-state index contributed by atoms with van der Waals surface area (Å²) < 4.78 is 0. The summed E-state index contributed by atoms with van der Waals surface area (Å²) in [7, 11) is 0. The lowest BCUT2D eigenvalue weighted by Gasteiger charge is -2.39. The van der Waals surface area contributed by atoms with E-state index in [2.05, 4.69) is 46.9 Å². The maximum atomic E-state index is 4.64. The van der Waals surface area contributed by atoms with Crippen molar-refractivity contribution in [1.29, 1.82) is 0 Å². The fourth-order valence-corrected chi connectivity index (χ4v) is 2.89. The van der Waals surface area contributed by atoms with E-state index in [0.717, 1.165) is 39.3 Å². The highest BCUT2D eigenvalue weighted by atomic mass is 15.3. The minimum atomic E-state index is 0.696. The van der Waals surface area contributed by atoms with Gasteiger partial charge in [0.25, 0.3) is 0 Å². The van der Waals surface area contributed by atoms with Crippen LogP contribution in [0.4, 0.5) is 5.82 Å². The van der Waals surface area contributed by atoms with Crippen LogP contribution in [0.25, 0.3) is 0 Å². The van der Waals surface area contributed by atoms with E-state index in [-0.39, 0.29) is 0 Å². The number of rotatable bonds is 7. The third-order valence-corrected chi connectivity index (χ3v) is 4.44. The predicted molar refractivity (Wildman–Crippen MR) is 89.8 cm³/mol. The lowest BCUT2D eigenvalue weighted by molar-refractivity contribution is 0.192. The van der Waals surface area contributed by atoms with Gasteiger partial charge < -0.3 is 10.2 Å². The fourth-order valence-electron chi connectivity index (χ4n) is 2.89. The van der Waals surface area contributed by atoms with Crippen molar-refractivity contribution in [3.05, 3.63) is 23.9 Å². The monoisotopic (exact) mass is 290 g/mol. The molecule has 1 atom stereocenters. The van der Waals surface area contributed by atoms with Gasteiger partial charge in [-0.05, 0) is 32.4 Å². The fraction of sp³-hybridized carbons (Fsp3) is 0.706. The summed E-state index contributed by atoms with van der Waals surface area (Å²) in [5, 5.41) is 3.49. The molecule has 1 aliphatic heterocycles. The van der Waals surface area contributed by atoms with Gasteiger partial charge in [-0.25, -0.2) is 4.98 Å². The number of nitrogens with zero attached hydrogens (tertiary/aromatic N) is 3. The van der Waals surface area contributed by atoms with Crippen molar-refractivity contribution in [2.24, 2.45) is 0 Å².